The third-order valence-corrected chi connectivity index (χ3v) is 5.70. The van der Waals surface area contributed by atoms with E-state index in [1.807, 2.05) is 24.3 Å². The number of H-pyrrole nitrogens is 1. The van der Waals surface area contributed by atoms with Crippen molar-refractivity contribution < 1.29 is 17.9 Å². The van der Waals surface area contributed by atoms with Crippen molar-refractivity contribution in [1.82, 2.24) is 19.5 Å². The zero-order chi connectivity index (χ0) is 17.0. The maximum absolute atomic E-state index is 12.5. The van der Waals surface area contributed by atoms with Gasteiger partial charge in [0.25, 0.3) is 15.2 Å². The lowest BCUT2D eigenvalue weighted by atomic mass is 10.0. The zero-order valence-corrected chi connectivity index (χ0v) is 14.2. The summed E-state index contributed by atoms with van der Waals surface area (Å²) in [5.41, 5.74) is 0. The number of para-hydroxylation sites is 2. The summed E-state index contributed by atoms with van der Waals surface area (Å²) >= 11 is 0. The highest BCUT2D eigenvalue weighted by molar-refractivity contribution is 7.88. The van der Waals surface area contributed by atoms with Crippen molar-refractivity contribution in [2.45, 2.75) is 18.0 Å². The van der Waals surface area contributed by atoms with E-state index in [1.54, 1.807) is 7.11 Å². The standard InChI is InChI=1S/C15H20N4O4S/c1-22-13-6-2-3-7-14(13)23-10-12-5-4-8-19(9-12)24(20,21)15-16-11-17-18-15/h2-3,6-7,11-12H,4-5,8-10H2,1H3,(H,16,17,18)/t12-/m1/s1. The predicted octanol–water partition coefficient (Wildman–Crippen LogP) is 1.29. The zero-order valence-electron chi connectivity index (χ0n) is 13.4. The quantitative estimate of drug-likeness (QED) is 0.841. The van der Waals surface area contributed by atoms with Crippen LogP contribution < -0.4 is 9.47 Å². The van der Waals surface area contributed by atoms with Gasteiger partial charge in [-0.15, -0.1) is 0 Å². The normalized spacial score (nSPS) is 19.1. The second kappa shape index (κ2) is 7.18. The number of sulfonamides is 1. The summed E-state index contributed by atoms with van der Waals surface area (Å²) in [5, 5.41) is 5.92. The minimum atomic E-state index is -3.62. The first-order chi connectivity index (χ1) is 11.6. The summed E-state index contributed by atoms with van der Waals surface area (Å²) in [6.07, 6.45) is 2.89. The Hall–Kier alpha value is -2.13. The molecular weight excluding hydrogens is 332 g/mol. The minimum absolute atomic E-state index is 0.112. The fourth-order valence-electron chi connectivity index (χ4n) is 2.77. The Kier molecular flexibility index (Phi) is 5.00. The molecule has 0 amide bonds. The molecular formula is C15H20N4O4S. The predicted molar refractivity (Wildman–Crippen MR) is 86.4 cm³/mol. The first-order valence-corrected chi connectivity index (χ1v) is 9.16. The fourth-order valence-corrected chi connectivity index (χ4v) is 4.14. The summed E-state index contributed by atoms with van der Waals surface area (Å²) < 4.78 is 37.5. The van der Waals surface area contributed by atoms with Crippen molar-refractivity contribution >= 4 is 10.0 Å². The van der Waals surface area contributed by atoms with Gasteiger partial charge in [0, 0.05) is 19.0 Å². The van der Waals surface area contributed by atoms with Crippen LogP contribution in [0, 0.1) is 5.92 Å². The first kappa shape index (κ1) is 16.7. The van der Waals surface area contributed by atoms with Crippen LogP contribution in [0.15, 0.2) is 35.7 Å². The Balaban J connectivity index is 1.64. The molecule has 2 aromatic rings. The molecule has 2 heterocycles. The van der Waals surface area contributed by atoms with Gasteiger partial charge in [0.05, 0.1) is 13.7 Å². The van der Waals surface area contributed by atoms with Crippen LogP contribution in [0.2, 0.25) is 0 Å². The third kappa shape index (κ3) is 3.51. The highest BCUT2D eigenvalue weighted by Gasteiger charge is 2.32. The van der Waals surface area contributed by atoms with Crippen LogP contribution in [0.5, 0.6) is 11.5 Å². The molecule has 1 fully saturated rings. The van der Waals surface area contributed by atoms with Gasteiger partial charge < -0.3 is 9.47 Å². The second-order valence-corrected chi connectivity index (χ2v) is 7.48. The molecule has 1 N–H and O–H groups in total. The van der Waals surface area contributed by atoms with Crippen molar-refractivity contribution in [3.8, 4) is 11.5 Å². The molecule has 0 spiro atoms. The highest BCUT2D eigenvalue weighted by atomic mass is 32.2. The fraction of sp³-hybridized carbons (Fsp3) is 0.467. The van der Waals surface area contributed by atoms with Crippen LogP contribution in [0.1, 0.15) is 12.8 Å². The lowest BCUT2D eigenvalue weighted by Crippen LogP contribution is -2.41. The van der Waals surface area contributed by atoms with Gasteiger partial charge in [0.1, 0.15) is 6.33 Å². The molecule has 1 aliphatic heterocycles. The van der Waals surface area contributed by atoms with E-state index in [9.17, 15) is 8.42 Å². The topological polar surface area (TPSA) is 97.4 Å². The SMILES string of the molecule is COc1ccccc1OC[C@@H]1CCCN(S(=O)(=O)c2ncn[nH]2)C1. The number of hydrogen-bond donors (Lipinski definition) is 1. The van der Waals surface area contributed by atoms with E-state index < -0.39 is 10.0 Å². The summed E-state index contributed by atoms with van der Waals surface area (Å²) in [4.78, 5) is 3.76. The lowest BCUT2D eigenvalue weighted by molar-refractivity contribution is 0.176. The van der Waals surface area contributed by atoms with Gasteiger partial charge in [-0.1, -0.05) is 12.1 Å². The van der Waals surface area contributed by atoms with E-state index in [0.717, 1.165) is 12.8 Å². The Labute approximate surface area is 140 Å². The summed E-state index contributed by atoms with van der Waals surface area (Å²) in [6.45, 7) is 1.31. The van der Waals surface area contributed by atoms with Crippen LogP contribution in [-0.4, -0.2) is 54.7 Å². The third-order valence-electron chi connectivity index (χ3n) is 4.00. The van der Waals surface area contributed by atoms with E-state index in [2.05, 4.69) is 15.2 Å². The Bertz CT molecular complexity index is 764. The largest absolute Gasteiger partial charge is 0.493 e. The molecule has 1 atom stereocenters. The molecule has 1 aliphatic rings. The van der Waals surface area contributed by atoms with Crippen LogP contribution in [0.4, 0.5) is 0 Å². The molecule has 1 aromatic heterocycles. The van der Waals surface area contributed by atoms with E-state index >= 15 is 0 Å². The Morgan fingerprint density at radius 2 is 2.12 bits per heavy atom. The molecule has 1 saturated heterocycles. The minimum Gasteiger partial charge on any atom is -0.493 e. The van der Waals surface area contributed by atoms with Gasteiger partial charge in [0.2, 0.25) is 0 Å². The molecule has 130 valence electrons. The van der Waals surface area contributed by atoms with Crippen molar-refractivity contribution in [2.75, 3.05) is 26.8 Å². The molecule has 0 radical (unpaired) electrons. The first-order valence-electron chi connectivity index (χ1n) is 7.72. The van der Waals surface area contributed by atoms with E-state index in [-0.39, 0.29) is 11.1 Å². The van der Waals surface area contributed by atoms with Crippen LogP contribution >= 0.6 is 0 Å². The summed E-state index contributed by atoms with van der Waals surface area (Å²) in [6, 6.07) is 7.42. The van der Waals surface area contributed by atoms with Crippen LogP contribution in [0.25, 0.3) is 0 Å². The summed E-state index contributed by atoms with van der Waals surface area (Å²) in [7, 11) is -2.03. The number of nitrogens with one attached hydrogen (secondary N) is 1. The number of ether oxygens (including phenoxy) is 2. The number of methoxy groups -OCH3 is 1. The molecule has 0 saturated carbocycles. The smallest absolute Gasteiger partial charge is 0.278 e. The van der Waals surface area contributed by atoms with Gasteiger partial charge >= 0.3 is 0 Å². The number of hydrogen-bond acceptors (Lipinski definition) is 6. The van der Waals surface area contributed by atoms with Crippen molar-refractivity contribution in [3.05, 3.63) is 30.6 Å². The number of nitrogens with zero attached hydrogens (tertiary/aromatic N) is 3. The van der Waals surface area contributed by atoms with Gasteiger partial charge in [-0.05, 0) is 25.0 Å². The monoisotopic (exact) mass is 352 g/mol. The average Bonchev–Trinajstić information content (AvgIpc) is 3.16. The van der Waals surface area contributed by atoms with E-state index in [4.69, 9.17) is 9.47 Å². The molecule has 0 bridgehead atoms. The molecule has 1 aromatic carbocycles. The Morgan fingerprint density at radius 1 is 1.33 bits per heavy atom. The number of aromatic nitrogens is 3. The molecule has 3 rings (SSSR count). The molecule has 9 heteroatoms. The average molecular weight is 352 g/mol. The number of piperidine rings is 1. The number of rotatable bonds is 6. The second-order valence-electron chi connectivity index (χ2n) is 5.62. The Morgan fingerprint density at radius 3 is 2.83 bits per heavy atom. The highest BCUT2D eigenvalue weighted by Crippen LogP contribution is 2.28. The lowest BCUT2D eigenvalue weighted by Gasteiger charge is -2.31. The number of benzene rings is 1. The number of aromatic amines is 1. The summed E-state index contributed by atoms with van der Waals surface area (Å²) in [5.74, 6) is 1.44. The maximum Gasteiger partial charge on any atom is 0.278 e. The van der Waals surface area contributed by atoms with Gasteiger partial charge in [-0.3, -0.25) is 0 Å². The van der Waals surface area contributed by atoms with Crippen molar-refractivity contribution in [2.24, 2.45) is 5.92 Å². The van der Waals surface area contributed by atoms with Crippen LogP contribution in [-0.2, 0) is 10.0 Å². The van der Waals surface area contributed by atoms with Crippen molar-refractivity contribution in [3.63, 3.8) is 0 Å². The van der Waals surface area contributed by atoms with Crippen LogP contribution in [0.3, 0.4) is 0 Å². The molecule has 24 heavy (non-hydrogen) atoms. The van der Waals surface area contributed by atoms with E-state index in [1.165, 1.54) is 10.6 Å². The van der Waals surface area contributed by atoms with E-state index in [0.29, 0.717) is 31.2 Å². The van der Waals surface area contributed by atoms with Crippen molar-refractivity contribution in [1.29, 1.82) is 0 Å². The molecule has 0 aliphatic carbocycles. The van der Waals surface area contributed by atoms with Gasteiger partial charge in [-0.2, -0.15) is 9.40 Å². The molecule has 8 nitrogen and oxygen atoms in total. The van der Waals surface area contributed by atoms with Gasteiger partial charge in [0.15, 0.2) is 11.5 Å². The van der Waals surface area contributed by atoms with Gasteiger partial charge in [-0.25, -0.2) is 18.5 Å². The molecule has 0 unspecified atom stereocenters. The maximum atomic E-state index is 12.5.